The Kier molecular flexibility index (Phi) is 5.26. The number of nitrogens with one attached hydrogen (secondary N) is 1. The lowest BCUT2D eigenvalue weighted by Crippen LogP contribution is -2.48. The van der Waals surface area contributed by atoms with E-state index in [1.165, 1.54) is 25.7 Å². The fourth-order valence-electron chi connectivity index (χ4n) is 3.83. The third-order valence-electron chi connectivity index (χ3n) is 5.17. The third-order valence-corrected chi connectivity index (χ3v) is 5.17. The Labute approximate surface area is 117 Å². The molecule has 0 aliphatic heterocycles. The molecular formula is C16H30N2O. The average Bonchev–Trinajstić information content (AvgIpc) is 2.57. The predicted molar refractivity (Wildman–Crippen MR) is 78.7 cm³/mol. The van der Waals surface area contributed by atoms with Crippen molar-refractivity contribution in [2.24, 2.45) is 23.5 Å². The molecule has 3 heteroatoms. The van der Waals surface area contributed by atoms with E-state index in [-0.39, 0.29) is 17.9 Å². The van der Waals surface area contributed by atoms with Gasteiger partial charge in [-0.3, -0.25) is 4.79 Å². The minimum Gasteiger partial charge on any atom is -0.353 e. The topological polar surface area (TPSA) is 55.1 Å². The molecule has 2 aliphatic carbocycles. The van der Waals surface area contributed by atoms with Gasteiger partial charge in [-0.05, 0) is 43.9 Å². The van der Waals surface area contributed by atoms with Gasteiger partial charge < -0.3 is 11.1 Å². The summed E-state index contributed by atoms with van der Waals surface area (Å²) in [7, 11) is 0. The highest BCUT2D eigenvalue weighted by atomic mass is 16.2. The highest BCUT2D eigenvalue weighted by Crippen LogP contribution is 2.29. The minimum absolute atomic E-state index is 0.0500. The van der Waals surface area contributed by atoms with Gasteiger partial charge in [0.05, 0.1) is 5.92 Å². The van der Waals surface area contributed by atoms with Crippen molar-refractivity contribution in [1.29, 1.82) is 0 Å². The lowest BCUT2D eigenvalue weighted by molar-refractivity contribution is -0.127. The van der Waals surface area contributed by atoms with Gasteiger partial charge in [0, 0.05) is 12.1 Å². The Morgan fingerprint density at radius 3 is 2.53 bits per heavy atom. The van der Waals surface area contributed by atoms with E-state index < -0.39 is 0 Å². The van der Waals surface area contributed by atoms with Crippen LogP contribution in [0.2, 0.25) is 0 Å². The monoisotopic (exact) mass is 266 g/mol. The first-order valence-electron chi connectivity index (χ1n) is 8.14. The first-order chi connectivity index (χ1) is 9.08. The van der Waals surface area contributed by atoms with Crippen LogP contribution in [0.1, 0.15) is 65.2 Å². The van der Waals surface area contributed by atoms with Crippen LogP contribution < -0.4 is 11.1 Å². The van der Waals surface area contributed by atoms with Gasteiger partial charge in [0.2, 0.25) is 5.91 Å². The molecule has 2 saturated carbocycles. The van der Waals surface area contributed by atoms with Crippen LogP contribution in [0.5, 0.6) is 0 Å². The maximum absolute atomic E-state index is 12.5. The predicted octanol–water partition coefficient (Wildman–Crippen LogP) is 2.83. The van der Waals surface area contributed by atoms with Crippen molar-refractivity contribution in [3.63, 3.8) is 0 Å². The molecule has 0 aromatic carbocycles. The van der Waals surface area contributed by atoms with E-state index in [0.29, 0.717) is 12.0 Å². The zero-order chi connectivity index (χ0) is 13.8. The minimum atomic E-state index is 0.0500. The van der Waals surface area contributed by atoms with E-state index in [1.54, 1.807) is 0 Å². The molecule has 3 N–H and O–H groups in total. The lowest BCUT2D eigenvalue weighted by Gasteiger charge is -2.34. The molecule has 2 rings (SSSR count). The first-order valence-corrected chi connectivity index (χ1v) is 8.14. The number of carbonyl (C=O) groups is 1. The molecule has 0 aromatic heterocycles. The number of carbonyl (C=O) groups excluding carboxylic acids is 1. The summed E-state index contributed by atoms with van der Waals surface area (Å²) in [5.41, 5.74) is 6.18. The van der Waals surface area contributed by atoms with Crippen LogP contribution in [0.3, 0.4) is 0 Å². The number of rotatable bonds is 2. The van der Waals surface area contributed by atoms with Crippen molar-refractivity contribution in [3.8, 4) is 0 Å². The average molecular weight is 266 g/mol. The highest BCUT2D eigenvalue weighted by molar-refractivity contribution is 5.79. The second kappa shape index (κ2) is 6.74. The van der Waals surface area contributed by atoms with Crippen molar-refractivity contribution in [2.75, 3.05) is 0 Å². The molecule has 19 heavy (non-hydrogen) atoms. The fourth-order valence-corrected chi connectivity index (χ4v) is 3.83. The van der Waals surface area contributed by atoms with Crippen LogP contribution in [0.25, 0.3) is 0 Å². The van der Waals surface area contributed by atoms with Gasteiger partial charge >= 0.3 is 0 Å². The van der Waals surface area contributed by atoms with Crippen molar-refractivity contribution < 1.29 is 4.79 Å². The number of hydrogen-bond acceptors (Lipinski definition) is 2. The summed E-state index contributed by atoms with van der Waals surface area (Å²) in [4.78, 5) is 12.5. The Morgan fingerprint density at radius 1 is 1.05 bits per heavy atom. The molecule has 110 valence electrons. The SMILES string of the molecule is CC1CCC(NC(=O)C2CCCCCC2N)C(C)C1. The Bertz CT molecular complexity index is 305. The maximum atomic E-state index is 12.5. The van der Waals surface area contributed by atoms with Crippen LogP contribution in [-0.2, 0) is 4.79 Å². The number of nitrogens with two attached hydrogens (primary N) is 1. The van der Waals surface area contributed by atoms with Gasteiger partial charge in [0.1, 0.15) is 0 Å². The summed E-state index contributed by atoms with van der Waals surface area (Å²) >= 11 is 0. The van der Waals surface area contributed by atoms with Crippen molar-refractivity contribution in [1.82, 2.24) is 5.32 Å². The molecular weight excluding hydrogens is 236 g/mol. The summed E-state index contributed by atoms with van der Waals surface area (Å²) < 4.78 is 0. The fraction of sp³-hybridized carbons (Fsp3) is 0.938. The summed E-state index contributed by atoms with van der Waals surface area (Å²) in [5.74, 6) is 1.69. The highest BCUT2D eigenvalue weighted by Gasteiger charge is 2.31. The van der Waals surface area contributed by atoms with Crippen molar-refractivity contribution in [2.45, 2.75) is 77.3 Å². The van der Waals surface area contributed by atoms with Crippen LogP contribution in [0, 0.1) is 17.8 Å². The zero-order valence-corrected chi connectivity index (χ0v) is 12.5. The molecule has 2 aliphatic rings. The first kappa shape index (κ1) is 14.8. The molecule has 1 amide bonds. The molecule has 3 nitrogen and oxygen atoms in total. The third kappa shape index (κ3) is 3.95. The van der Waals surface area contributed by atoms with E-state index in [0.717, 1.165) is 31.6 Å². The normalized spacial score (nSPS) is 40.5. The van der Waals surface area contributed by atoms with E-state index in [1.807, 2.05) is 0 Å². The summed E-state index contributed by atoms with van der Waals surface area (Å²) in [5, 5.41) is 3.30. The summed E-state index contributed by atoms with van der Waals surface area (Å²) in [6.07, 6.45) is 9.17. The van der Waals surface area contributed by atoms with Crippen molar-refractivity contribution in [3.05, 3.63) is 0 Å². The largest absolute Gasteiger partial charge is 0.353 e. The second-order valence-electron chi connectivity index (χ2n) is 6.92. The van der Waals surface area contributed by atoms with E-state index in [9.17, 15) is 4.79 Å². The second-order valence-corrected chi connectivity index (χ2v) is 6.92. The van der Waals surface area contributed by atoms with Gasteiger partial charge in [0.25, 0.3) is 0 Å². The Morgan fingerprint density at radius 2 is 1.79 bits per heavy atom. The molecule has 5 atom stereocenters. The number of hydrogen-bond donors (Lipinski definition) is 2. The molecule has 2 fully saturated rings. The summed E-state index contributed by atoms with van der Waals surface area (Å²) in [6, 6.07) is 0.444. The number of amides is 1. The molecule has 0 heterocycles. The van der Waals surface area contributed by atoms with Crippen LogP contribution in [0.4, 0.5) is 0 Å². The van der Waals surface area contributed by atoms with Crippen LogP contribution in [-0.4, -0.2) is 18.0 Å². The molecule has 0 saturated heterocycles. The van der Waals surface area contributed by atoms with Gasteiger partial charge in [-0.2, -0.15) is 0 Å². The van der Waals surface area contributed by atoms with Gasteiger partial charge in [-0.15, -0.1) is 0 Å². The smallest absolute Gasteiger partial charge is 0.224 e. The quantitative estimate of drug-likeness (QED) is 0.755. The maximum Gasteiger partial charge on any atom is 0.224 e. The molecule has 5 unspecified atom stereocenters. The Hall–Kier alpha value is -0.570. The van der Waals surface area contributed by atoms with Gasteiger partial charge in [-0.1, -0.05) is 33.1 Å². The summed E-state index contributed by atoms with van der Waals surface area (Å²) in [6.45, 7) is 4.59. The molecule has 0 aromatic rings. The lowest BCUT2D eigenvalue weighted by atomic mass is 9.79. The van der Waals surface area contributed by atoms with E-state index >= 15 is 0 Å². The van der Waals surface area contributed by atoms with Crippen molar-refractivity contribution >= 4 is 5.91 Å². The zero-order valence-electron chi connectivity index (χ0n) is 12.5. The van der Waals surface area contributed by atoms with Gasteiger partial charge in [-0.25, -0.2) is 0 Å². The molecule has 0 radical (unpaired) electrons. The standard InChI is InChI=1S/C16H30N2O/c1-11-8-9-15(12(2)10-11)18-16(19)13-6-4-3-5-7-14(13)17/h11-15H,3-10,17H2,1-2H3,(H,18,19). The molecule has 0 bridgehead atoms. The van der Waals surface area contributed by atoms with Crippen LogP contribution >= 0.6 is 0 Å². The molecule has 0 spiro atoms. The van der Waals surface area contributed by atoms with Crippen LogP contribution in [0.15, 0.2) is 0 Å². The van der Waals surface area contributed by atoms with E-state index in [4.69, 9.17) is 5.73 Å². The Balaban J connectivity index is 1.88. The van der Waals surface area contributed by atoms with Gasteiger partial charge in [0.15, 0.2) is 0 Å². The van der Waals surface area contributed by atoms with E-state index in [2.05, 4.69) is 19.2 Å².